The molecule has 0 saturated carbocycles. The van der Waals surface area contributed by atoms with E-state index in [2.05, 4.69) is 20.0 Å². The summed E-state index contributed by atoms with van der Waals surface area (Å²) >= 11 is 0. The summed E-state index contributed by atoms with van der Waals surface area (Å²) in [6.07, 6.45) is 5.98. The van der Waals surface area contributed by atoms with Crippen molar-refractivity contribution < 1.29 is 4.79 Å². The van der Waals surface area contributed by atoms with Crippen LogP contribution in [0.4, 0.5) is 11.6 Å². The molecule has 0 atom stereocenters. The lowest BCUT2D eigenvalue weighted by atomic mass is 10.2. The van der Waals surface area contributed by atoms with Crippen LogP contribution >= 0.6 is 0 Å². The fourth-order valence-electron chi connectivity index (χ4n) is 3.89. The van der Waals surface area contributed by atoms with E-state index in [1.54, 1.807) is 11.1 Å². The van der Waals surface area contributed by atoms with Crippen LogP contribution in [0.25, 0.3) is 5.69 Å². The van der Waals surface area contributed by atoms with Gasteiger partial charge in [0, 0.05) is 19.3 Å². The summed E-state index contributed by atoms with van der Waals surface area (Å²) in [6, 6.07) is 9.62. The highest BCUT2D eigenvalue weighted by Crippen LogP contribution is 2.30. The lowest BCUT2D eigenvalue weighted by Gasteiger charge is -2.17. The molecule has 2 aliphatic heterocycles. The molecule has 2 aliphatic rings. The topological polar surface area (TPSA) is 67.2 Å². The lowest BCUT2D eigenvalue weighted by Crippen LogP contribution is -2.25. The Morgan fingerprint density at radius 3 is 2.52 bits per heavy atom. The molecule has 7 nitrogen and oxygen atoms in total. The van der Waals surface area contributed by atoms with E-state index in [-0.39, 0.29) is 5.91 Å². The third-order valence-electron chi connectivity index (χ3n) is 5.29. The van der Waals surface area contributed by atoms with Crippen LogP contribution in [-0.4, -0.2) is 38.7 Å². The number of nitrogens with zero attached hydrogens (tertiary/aromatic N) is 6. The minimum absolute atomic E-state index is 0.0471. The van der Waals surface area contributed by atoms with Crippen molar-refractivity contribution in [3.63, 3.8) is 0 Å². The van der Waals surface area contributed by atoms with E-state index in [0.29, 0.717) is 17.9 Å². The second-order valence-corrected chi connectivity index (χ2v) is 6.97. The zero-order chi connectivity index (χ0) is 18.4. The highest BCUT2D eigenvalue weighted by molar-refractivity contribution is 6.10. The van der Waals surface area contributed by atoms with Gasteiger partial charge < -0.3 is 4.90 Å². The van der Waals surface area contributed by atoms with Crippen LogP contribution < -0.4 is 9.80 Å². The summed E-state index contributed by atoms with van der Waals surface area (Å²) in [5.74, 6) is 1.61. The van der Waals surface area contributed by atoms with Crippen molar-refractivity contribution in [1.82, 2.24) is 19.7 Å². The van der Waals surface area contributed by atoms with Gasteiger partial charge in [-0.15, -0.1) is 0 Å². The van der Waals surface area contributed by atoms with E-state index in [4.69, 9.17) is 0 Å². The first kappa shape index (κ1) is 16.0. The first-order valence-electron chi connectivity index (χ1n) is 9.25. The van der Waals surface area contributed by atoms with Crippen LogP contribution in [0, 0.1) is 6.92 Å². The molecular formula is C20H20N6O. The Morgan fingerprint density at radius 2 is 1.85 bits per heavy atom. The number of rotatable bonds is 3. The van der Waals surface area contributed by atoms with Crippen molar-refractivity contribution in [2.24, 2.45) is 0 Å². The van der Waals surface area contributed by atoms with Gasteiger partial charge in [0.1, 0.15) is 11.6 Å². The Kier molecular flexibility index (Phi) is 3.67. The predicted molar refractivity (Wildman–Crippen MR) is 102 cm³/mol. The highest BCUT2D eigenvalue weighted by Gasteiger charge is 2.35. The molecule has 1 fully saturated rings. The lowest BCUT2D eigenvalue weighted by molar-refractivity contribution is 0.0995. The number of fused-ring (bicyclic) bond motifs is 1. The smallest absolute Gasteiger partial charge is 0.263 e. The number of hydrogen-bond acceptors (Lipinski definition) is 5. The van der Waals surface area contributed by atoms with Crippen LogP contribution in [0.3, 0.4) is 0 Å². The summed E-state index contributed by atoms with van der Waals surface area (Å²) in [6.45, 7) is 4.51. The van der Waals surface area contributed by atoms with E-state index < -0.39 is 0 Å². The molecule has 0 aliphatic carbocycles. The molecule has 0 aromatic carbocycles. The van der Waals surface area contributed by atoms with Crippen molar-refractivity contribution in [1.29, 1.82) is 0 Å². The molecule has 27 heavy (non-hydrogen) atoms. The molecule has 0 N–H and O–H groups in total. The number of hydrogen-bond donors (Lipinski definition) is 0. The number of anilines is 2. The maximum absolute atomic E-state index is 12.9. The van der Waals surface area contributed by atoms with E-state index in [0.717, 1.165) is 36.0 Å². The number of carbonyl (C=O) groups is 1. The van der Waals surface area contributed by atoms with Crippen LogP contribution in [0.5, 0.6) is 0 Å². The SMILES string of the molecule is Cc1c2c(nn1-c1ccc(N3CCCC3)nc1)CN(c1ccccn1)C2=O. The van der Waals surface area contributed by atoms with Crippen molar-refractivity contribution in [2.45, 2.75) is 26.3 Å². The standard InChI is InChI=1S/C20H20N6O/c1-14-19-16(13-25(20(19)27)18-6-2-3-9-21-18)23-26(14)15-7-8-17(22-12-15)24-10-4-5-11-24/h2-3,6-9,12H,4-5,10-11,13H2,1H3. The Labute approximate surface area is 157 Å². The fraction of sp³-hybridized carbons (Fsp3) is 0.300. The predicted octanol–water partition coefficient (Wildman–Crippen LogP) is 2.73. The Balaban J connectivity index is 1.44. The Hall–Kier alpha value is -3.22. The second-order valence-electron chi connectivity index (χ2n) is 6.97. The van der Waals surface area contributed by atoms with Crippen LogP contribution in [-0.2, 0) is 6.54 Å². The fourth-order valence-corrected chi connectivity index (χ4v) is 3.89. The zero-order valence-electron chi connectivity index (χ0n) is 15.2. The quantitative estimate of drug-likeness (QED) is 0.718. The molecule has 136 valence electrons. The summed E-state index contributed by atoms with van der Waals surface area (Å²) < 4.78 is 1.82. The van der Waals surface area contributed by atoms with Gasteiger partial charge in [0.25, 0.3) is 5.91 Å². The molecule has 0 radical (unpaired) electrons. The zero-order valence-corrected chi connectivity index (χ0v) is 15.2. The van der Waals surface area contributed by atoms with Gasteiger partial charge in [-0.25, -0.2) is 14.6 Å². The van der Waals surface area contributed by atoms with E-state index in [9.17, 15) is 4.79 Å². The average molecular weight is 360 g/mol. The third-order valence-corrected chi connectivity index (χ3v) is 5.29. The number of amides is 1. The van der Waals surface area contributed by atoms with Crippen LogP contribution in [0.1, 0.15) is 34.6 Å². The van der Waals surface area contributed by atoms with Crippen LogP contribution in [0.15, 0.2) is 42.7 Å². The second kappa shape index (κ2) is 6.19. The van der Waals surface area contributed by atoms with Gasteiger partial charge in [-0.3, -0.25) is 9.69 Å². The minimum Gasteiger partial charge on any atom is -0.357 e. The van der Waals surface area contributed by atoms with E-state index in [1.807, 2.05) is 48.1 Å². The number of carbonyl (C=O) groups excluding carboxylic acids is 1. The molecule has 1 saturated heterocycles. The van der Waals surface area contributed by atoms with E-state index in [1.165, 1.54) is 12.8 Å². The van der Waals surface area contributed by atoms with Gasteiger partial charge in [-0.1, -0.05) is 6.07 Å². The largest absolute Gasteiger partial charge is 0.357 e. The van der Waals surface area contributed by atoms with Crippen molar-refractivity contribution in [3.8, 4) is 5.69 Å². The van der Waals surface area contributed by atoms with Gasteiger partial charge in [0.2, 0.25) is 0 Å². The number of pyridine rings is 2. The molecule has 5 heterocycles. The summed E-state index contributed by atoms with van der Waals surface area (Å²) in [5, 5.41) is 4.69. The maximum Gasteiger partial charge on any atom is 0.263 e. The van der Waals surface area contributed by atoms with Crippen molar-refractivity contribution in [2.75, 3.05) is 22.9 Å². The monoisotopic (exact) mass is 360 g/mol. The molecule has 0 spiro atoms. The van der Waals surface area contributed by atoms with Gasteiger partial charge in [-0.2, -0.15) is 5.10 Å². The third kappa shape index (κ3) is 2.58. The van der Waals surface area contributed by atoms with Gasteiger partial charge in [0.05, 0.1) is 35.4 Å². The molecule has 5 rings (SSSR count). The molecule has 7 heteroatoms. The normalized spacial score (nSPS) is 16.3. The molecule has 0 unspecified atom stereocenters. The summed E-state index contributed by atoms with van der Waals surface area (Å²) in [7, 11) is 0. The summed E-state index contributed by atoms with van der Waals surface area (Å²) in [4.78, 5) is 25.8. The van der Waals surface area contributed by atoms with Gasteiger partial charge in [0.15, 0.2) is 0 Å². The van der Waals surface area contributed by atoms with Crippen LogP contribution in [0.2, 0.25) is 0 Å². The van der Waals surface area contributed by atoms with Crippen molar-refractivity contribution in [3.05, 3.63) is 59.7 Å². The van der Waals surface area contributed by atoms with Crippen molar-refractivity contribution >= 4 is 17.5 Å². The molecule has 3 aromatic heterocycles. The first-order valence-corrected chi connectivity index (χ1v) is 9.25. The Bertz CT molecular complexity index is 989. The van der Waals surface area contributed by atoms with Gasteiger partial charge >= 0.3 is 0 Å². The molecule has 3 aromatic rings. The highest BCUT2D eigenvalue weighted by atomic mass is 16.2. The van der Waals surface area contributed by atoms with Gasteiger partial charge in [-0.05, 0) is 44.0 Å². The first-order chi connectivity index (χ1) is 13.2. The molecular weight excluding hydrogens is 340 g/mol. The molecule has 0 bridgehead atoms. The number of aromatic nitrogens is 4. The Morgan fingerprint density at radius 1 is 1.00 bits per heavy atom. The summed E-state index contributed by atoms with van der Waals surface area (Å²) in [5.41, 5.74) is 3.17. The van der Waals surface area contributed by atoms with E-state index >= 15 is 0 Å². The average Bonchev–Trinajstić information content (AvgIpc) is 3.41. The molecule has 1 amide bonds. The minimum atomic E-state index is -0.0471. The maximum atomic E-state index is 12.9.